The van der Waals surface area contributed by atoms with Gasteiger partial charge in [0, 0.05) is 26.6 Å². The van der Waals surface area contributed by atoms with Gasteiger partial charge in [0.1, 0.15) is 12.2 Å². The van der Waals surface area contributed by atoms with Crippen LogP contribution in [0.2, 0.25) is 0 Å². The first-order valence-electron chi connectivity index (χ1n) is 13.7. The Morgan fingerprint density at radius 1 is 0.730 bits per heavy atom. The van der Waals surface area contributed by atoms with Crippen molar-refractivity contribution >= 4 is 0 Å². The molecule has 0 amide bonds. The zero-order chi connectivity index (χ0) is 27.1. The molecule has 0 aromatic heterocycles. The maximum Gasteiger partial charge on any atom is 0.198 e. The summed E-state index contributed by atoms with van der Waals surface area (Å²) >= 11 is 0. The summed E-state index contributed by atoms with van der Waals surface area (Å²) in [5, 5.41) is 0. The van der Waals surface area contributed by atoms with Crippen LogP contribution >= 0.6 is 0 Å². The van der Waals surface area contributed by atoms with E-state index in [1.165, 1.54) is 0 Å². The quantitative estimate of drug-likeness (QED) is 0.217. The van der Waals surface area contributed by atoms with Gasteiger partial charge in [-0.05, 0) is 48.5 Å². The highest BCUT2D eigenvalue weighted by molar-refractivity contribution is 5.06. The fourth-order valence-corrected chi connectivity index (χ4v) is 4.78. The van der Waals surface area contributed by atoms with E-state index in [-0.39, 0.29) is 43.2 Å². The van der Waals surface area contributed by atoms with Gasteiger partial charge in [0.2, 0.25) is 0 Å². The van der Waals surface area contributed by atoms with Gasteiger partial charge in [-0.25, -0.2) is 0 Å². The monoisotopic (exact) mass is 534 g/mol. The van der Waals surface area contributed by atoms with Crippen molar-refractivity contribution in [2.45, 2.75) is 115 Å². The Kier molecular flexibility index (Phi) is 11.6. The third-order valence-electron chi connectivity index (χ3n) is 6.88. The summed E-state index contributed by atoms with van der Waals surface area (Å²) in [5.74, 6) is -2.06. The number of methoxy groups -OCH3 is 1. The fourth-order valence-electron chi connectivity index (χ4n) is 4.78. The molecular formula is C27H50O10. The van der Waals surface area contributed by atoms with Crippen molar-refractivity contribution < 1.29 is 47.4 Å². The molecule has 0 spiro atoms. The average molecular weight is 535 g/mol. The van der Waals surface area contributed by atoms with Crippen LogP contribution < -0.4 is 0 Å². The van der Waals surface area contributed by atoms with Crippen molar-refractivity contribution in [1.82, 2.24) is 0 Å². The largest absolute Gasteiger partial charge is 0.382 e. The van der Waals surface area contributed by atoms with Gasteiger partial charge in [-0.2, -0.15) is 0 Å². The summed E-state index contributed by atoms with van der Waals surface area (Å²) < 4.78 is 59.7. The SMILES string of the molecule is CCO[C@H](C)COC(C)CO[C@@]1(C)O[C@@](C)(CO[C@H](C)CO[C@H](C)COC)OC1(CC1CO1)CC1CO1. The van der Waals surface area contributed by atoms with Crippen molar-refractivity contribution in [2.75, 3.05) is 60.0 Å². The molecule has 3 aliphatic rings. The molecule has 37 heavy (non-hydrogen) atoms. The second-order valence-electron chi connectivity index (χ2n) is 11.0. The number of epoxide rings is 2. The van der Waals surface area contributed by atoms with Crippen molar-refractivity contribution in [3.05, 3.63) is 0 Å². The number of hydrogen-bond acceptors (Lipinski definition) is 10. The molecule has 0 saturated carbocycles. The van der Waals surface area contributed by atoms with Gasteiger partial charge in [-0.15, -0.1) is 0 Å². The minimum absolute atomic E-state index is 0.00669. The molecule has 0 aliphatic carbocycles. The van der Waals surface area contributed by atoms with Crippen LogP contribution in [0.3, 0.4) is 0 Å². The van der Waals surface area contributed by atoms with Gasteiger partial charge in [0.05, 0.1) is 76.3 Å². The maximum atomic E-state index is 6.78. The highest BCUT2D eigenvalue weighted by Crippen LogP contribution is 2.52. The minimum Gasteiger partial charge on any atom is -0.382 e. The van der Waals surface area contributed by atoms with E-state index in [4.69, 9.17) is 47.4 Å². The number of hydrogen-bond donors (Lipinski definition) is 0. The Bertz CT molecular complexity index is 658. The zero-order valence-corrected chi connectivity index (χ0v) is 24.1. The van der Waals surface area contributed by atoms with E-state index in [0.29, 0.717) is 59.1 Å². The lowest BCUT2D eigenvalue weighted by molar-refractivity contribution is -0.279. The lowest BCUT2D eigenvalue weighted by Crippen LogP contribution is -2.54. The van der Waals surface area contributed by atoms with E-state index in [1.54, 1.807) is 7.11 Å². The Balaban J connectivity index is 1.63. The lowest BCUT2D eigenvalue weighted by Gasteiger charge is -2.40. The van der Waals surface area contributed by atoms with Crippen LogP contribution in [-0.2, 0) is 47.4 Å². The minimum atomic E-state index is -1.04. The van der Waals surface area contributed by atoms with Crippen molar-refractivity contribution in [2.24, 2.45) is 0 Å². The van der Waals surface area contributed by atoms with E-state index in [0.717, 1.165) is 0 Å². The first kappa shape index (κ1) is 31.1. The van der Waals surface area contributed by atoms with Crippen LogP contribution in [0, 0.1) is 0 Å². The van der Waals surface area contributed by atoms with E-state index in [2.05, 4.69) is 0 Å². The molecule has 3 saturated heterocycles. The number of rotatable bonds is 20. The van der Waals surface area contributed by atoms with Crippen LogP contribution in [0.25, 0.3) is 0 Å². The molecule has 0 radical (unpaired) electrons. The van der Waals surface area contributed by atoms with Crippen molar-refractivity contribution in [1.29, 1.82) is 0 Å². The third-order valence-corrected chi connectivity index (χ3v) is 6.88. The molecular weight excluding hydrogens is 484 g/mol. The molecule has 3 rings (SSSR count). The van der Waals surface area contributed by atoms with E-state index in [1.807, 2.05) is 48.5 Å². The van der Waals surface area contributed by atoms with Crippen molar-refractivity contribution in [3.63, 3.8) is 0 Å². The average Bonchev–Trinajstić information content (AvgIpc) is 3.76. The highest BCUT2D eigenvalue weighted by Gasteiger charge is 2.66. The lowest BCUT2D eigenvalue weighted by atomic mass is 9.84. The molecule has 8 atom stereocenters. The summed E-state index contributed by atoms with van der Waals surface area (Å²) in [7, 11) is 1.66. The van der Waals surface area contributed by atoms with Gasteiger partial charge >= 0.3 is 0 Å². The van der Waals surface area contributed by atoms with Gasteiger partial charge in [0.25, 0.3) is 0 Å². The summed E-state index contributed by atoms with van der Waals surface area (Å²) in [6.45, 7) is 17.9. The van der Waals surface area contributed by atoms with Gasteiger partial charge < -0.3 is 47.4 Å². The molecule has 0 bridgehead atoms. The summed E-state index contributed by atoms with van der Waals surface area (Å²) in [6, 6.07) is 0. The molecule has 3 aliphatic heterocycles. The van der Waals surface area contributed by atoms with Crippen LogP contribution in [-0.4, -0.2) is 114 Å². The molecule has 10 nitrogen and oxygen atoms in total. The van der Waals surface area contributed by atoms with Crippen LogP contribution in [0.4, 0.5) is 0 Å². The van der Waals surface area contributed by atoms with E-state index < -0.39 is 17.2 Å². The Morgan fingerprint density at radius 2 is 1.24 bits per heavy atom. The molecule has 3 fully saturated rings. The summed E-state index contributed by atoms with van der Waals surface area (Å²) in [6.07, 6.45) is 1.26. The molecule has 0 N–H and O–H groups in total. The molecule has 3 unspecified atom stereocenters. The third kappa shape index (κ3) is 9.63. The summed E-state index contributed by atoms with van der Waals surface area (Å²) in [4.78, 5) is 0. The molecule has 0 aromatic rings. The van der Waals surface area contributed by atoms with Gasteiger partial charge in [0.15, 0.2) is 11.6 Å². The van der Waals surface area contributed by atoms with Gasteiger partial charge in [-0.3, -0.25) is 0 Å². The summed E-state index contributed by atoms with van der Waals surface area (Å²) in [5.41, 5.74) is -0.751. The Morgan fingerprint density at radius 3 is 1.76 bits per heavy atom. The first-order chi connectivity index (χ1) is 17.5. The van der Waals surface area contributed by atoms with Crippen molar-refractivity contribution in [3.8, 4) is 0 Å². The van der Waals surface area contributed by atoms with Crippen LogP contribution in [0.15, 0.2) is 0 Å². The van der Waals surface area contributed by atoms with E-state index in [9.17, 15) is 0 Å². The molecule has 0 aromatic carbocycles. The molecule has 10 heteroatoms. The smallest absolute Gasteiger partial charge is 0.198 e. The highest BCUT2D eigenvalue weighted by atomic mass is 16.9. The maximum absolute atomic E-state index is 6.78. The molecule has 218 valence electrons. The predicted molar refractivity (Wildman–Crippen MR) is 136 cm³/mol. The zero-order valence-electron chi connectivity index (χ0n) is 24.1. The topological polar surface area (TPSA) is 98.9 Å². The van der Waals surface area contributed by atoms with Crippen LogP contribution in [0.5, 0.6) is 0 Å². The van der Waals surface area contributed by atoms with Crippen LogP contribution in [0.1, 0.15) is 61.3 Å². The van der Waals surface area contributed by atoms with E-state index >= 15 is 0 Å². The number of ether oxygens (including phenoxy) is 10. The standard InChI is InChI=1S/C27H50O10/c1-9-29-20(3)13-31-22(5)15-35-26(7)27(10-23-16-32-23,11-24-17-33-24)37-25(6,36-26)18-34-21(4)14-30-19(2)12-28-8/h19-24H,9-18H2,1-8H3/t19-,20-,21-,22?,23?,24?,25-,26+,27?/m1/s1. The second kappa shape index (κ2) is 13.8. The Hall–Kier alpha value is -0.400. The first-order valence-corrected chi connectivity index (χ1v) is 13.7. The predicted octanol–water partition coefficient (Wildman–Crippen LogP) is 3.09. The van der Waals surface area contributed by atoms with Gasteiger partial charge in [-0.1, -0.05) is 0 Å². The Labute approximate surface area is 222 Å². The fraction of sp³-hybridized carbons (Fsp3) is 1.00. The second-order valence-corrected chi connectivity index (χ2v) is 11.0. The normalized spacial score (nSPS) is 36.3. The molecule has 3 heterocycles.